The third kappa shape index (κ3) is 6.04. The molecule has 12 fully saturated rings. The number of benzene rings is 1. The molecule has 282 valence electrons. The van der Waals surface area contributed by atoms with Gasteiger partial charge in [0, 0.05) is 16.2 Å². The van der Waals surface area contributed by atoms with E-state index in [2.05, 4.69) is 0 Å². The highest BCUT2D eigenvalue weighted by Crippen LogP contribution is 2.62. The third-order valence-electron chi connectivity index (χ3n) is 16.0. The van der Waals surface area contributed by atoms with Crippen molar-refractivity contribution in [3.63, 3.8) is 0 Å². The molecule has 0 radical (unpaired) electrons. The largest absolute Gasteiger partial charge is 0.462 e. The molecule has 1 aromatic carbocycles. The van der Waals surface area contributed by atoms with E-state index in [0.29, 0.717) is 53.3 Å². The summed E-state index contributed by atoms with van der Waals surface area (Å²) in [6, 6.07) is 2.28. The van der Waals surface area contributed by atoms with Crippen LogP contribution in [0.5, 0.6) is 0 Å². The van der Waals surface area contributed by atoms with Gasteiger partial charge in [-0.15, -0.1) is 0 Å². The van der Waals surface area contributed by atoms with Gasteiger partial charge in [0.25, 0.3) is 10.1 Å². The van der Waals surface area contributed by atoms with Crippen LogP contribution in [-0.4, -0.2) is 50.7 Å². The molecular formula is C42H54O9S. The van der Waals surface area contributed by atoms with Crippen molar-refractivity contribution in [3.8, 4) is 0 Å². The van der Waals surface area contributed by atoms with Crippen molar-refractivity contribution in [3.05, 3.63) is 28.8 Å². The maximum Gasteiger partial charge on any atom is 0.339 e. The summed E-state index contributed by atoms with van der Waals surface area (Å²) in [4.78, 5) is 41.1. The van der Waals surface area contributed by atoms with Gasteiger partial charge in [-0.05, 0) is 181 Å². The van der Waals surface area contributed by atoms with Crippen molar-refractivity contribution in [2.24, 2.45) is 69.5 Å². The standard InChI is InChI=1S/C42H54O9S/c43-37(49-21-40-12-24-1-25(13-40)3-26(2-24)14-40)33-10-34(38(44)50-22-41-15-27-4-28(16-41)6-29(5-27)17-41)36(52(46,47)48)35(11-33)39(45)51-23-42-18-30-7-31(19-42)9-32(8-30)20-42/h10-11,24-32H,1-9,12-23H2,(H,46,47,48). The van der Waals surface area contributed by atoms with Crippen LogP contribution in [0.1, 0.15) is 147 Å². The second kappa shape index (κ2) is 12.0. The minimum Gasteiger partial charge on any atom is -0.462 e. The van der Waals surface area contributed by atoms with Gasteiger partial charge in [0.1, 0.15) is 4.90 Å². The second-order valence-electron chi connectivity index (χ2n) is 20.4. The molecule has 0 atom stereocenters. The van der Waals surface area contributed by atoms with E-state index in [1.165, 1.54) is 57.8 Å². The number of rotatable bonds is 10. The number of esters is 3. The van der Waals surface area contributed by atoms with Crippen molar-refractivity contribution in [2.45, 2.75) is 120 Å². The molecule has 9 nitrogen and oxygen atoms in total. The van der Waals surface area contributed by atoms with Crippen LogP contribution < -0.4 is 0 Å². The van der Waals surface area contributed by atoms with E-state index in [9.17, 15) is 27.4 Å². The summed E-state index contributed by atoms with van der Waals surface area (Å²) in [5.41, 5.74) is -1.48. The molecule has 1 aromatic rings. The van der Waals surface area contributed by atoms with Crippen LogP contribution in [0, 0.1) is 69.5 Å². The summed E-state index contributed by atoms with van der Waals surface area (Å²) in [5.74, 6) is 3.12. The maximum absolute atomic E-state index is 14.0. The first kappa shape index (κ1) is 34.1. The highest BCUT2D eigenvalue weighted by molar-refractivity contribution is 7.86. The Balaban J connectivity index is 0.942. The predicted molar refractivity (Wildman–Crippen MR) is 189 cm³/mol. The molecule has 0 aromatic heterocycles. The van der Waals surface area contributed by atoms with Gasteiger partial charge in [0.2, 0.25) is 0 Å². The Bertz CT molecular complexity index is 1610. The Kier molecular flexibility index (Phi) is 7.87. The summed E-state index contributed by atoms with van der Waals surface area (Å²) >= 11 is 0. The monoisotopic (exact) mass is 734 g/mol. The van der Waals surface area contributed by atoms with Gasteiger partial charge < -0.3 is 14.2 Å². The Hall–Kier alpha value is -2.46. The quantitative estimate of drug-likeness (QED) is 0.144. The van der Waals surface area contributed by atoms with Crippen molar-refractivity contribution in [2.75, 3.05) is 19.8 Å². The molecular weight excluding hydrogens is 681 g/mol. The lowest BCUT2D eigenvalue weighted by Gasteiger charge is -2.56. The minimum atomic E-state index is -5.12. The van der Waals surface area contributed by atoms with Crippen molar-refractivity contribution < 1.29 is 41.6 Å². The summed E-state index contributed by atoms with van der Waals surface area (Å²) < 4.78 is 54.8. The highest BCUT2D eigenvalue weighted by atomic mass is 32.2. The molecule has 0 aliphatic heterocycles. The molecule has 13 rings (SSSR count). The van der Waals surface area contributed by atoms with E-state index in [1.807, 2.05) is 0 Å². The fraction of sp³-hybridized carbons (Fsp3) is 0.786. The highest BCUT2D eigenvalue weighted by Gasteiger charge is 2.54. The molecule has 0 amide bonds. The van der Waals surface area contributed by atoms with Crippen LogP contribution in [0.15, 0.2) is 17.0 Å². The number of ether oxygens (including phenoxy) is 3. The van der Waals surface area contributed by atoms with Crippen LogP contribution in [0.2, 0.25) is 0 Å². The van der Waals surface area contributed by atoms with Crippen molar-refractivity contribution in [1.29, 1.82) is 0 Å². The van der Waals surface area contributed by atoms with E-state index >= 15 is 0 Å². The van der Waals surface area contributed by atoms with Gasteiger partial charge in [-0.25, -0.2) is 14.4 Å². The van der Waals surface area contributed by atoms with Gasteiger partial charge in [0.15, 0.2) is 0 Å². The van der Waals surface area contributed by atoms with E-state index in [0.717, 1.165) is 69.9 Å². The average Bonchev–Trinajstić information content (AvgIpc) is 3.06. The van der Waals surface area contributed by atoms with E-state index in [-0.39, 0.29) is 41.6 Å². The van der Waals surface area contributed by atoms with Gasteiger partial charge in [-0.2, -0.15) is 8.42 Å². The average molecular weight is 735 g/mol. The van der Waals surface area contributed by atoms with Crippen molar-refractivity contribution in [1.82, 2.24) is 0 Å². The SMILES string of the molecule is O=C(OCC12CC3CC(CC(C3)C1)C2)c1cc(C(=O)OCC23CC4CC(CC(C4)C2)C3)c(S(=O)(=O)O)c(C(=O)OCC23CC4CC(CC(C4)C2)C3)c1. The van der Waals surface area contributed by atoms with Gasteiger partial charge >= 0.3 is 17.9 Å². The van der Waals surface area contributed by atoms with E-state index < -0.39 is 44.0 Å². The molecule has 0 heterocycles. The molecule has 10 heteroatoms. The Labute approximate surface area is 307 Å². The molecule has 0 spiro atoms. The van der Waals surface area contributed by atoms with E-state index in [4.69, 9.17) is 14.2 Å². The van der Waals surface area contributed by atoms with Gasteiger partial charge in [-0.3, -0.25) is 4.55 Å². The molecule has 12 bridgehead atoms. The molecule has 0 saturated heterocycles. The predicted octanol–water partition coefficient (Wildman–Crippen LogP) is 8.05. The number of hydrogen-bond donors (Lipinski definition) is 1. The first-order chi connectivity index (χ1) is 24.8. The molecule has 12 aliphatic carbocycles. The zero-order chi connectivity index (χ0) is 35.6. The number of hydrogen-bond acceptors (Lipinski definition) is 8. The summed E-state index contributed by atoms with van der Waals surface area (Å²) in [7, 11) is -5.12. The smallest absolute Gasteiger partial charge is 0.339 e. The normalized spacial score (nSPS) is 43.1. The van der Waals surface area contributed by atoms with Crippen LogP contribution in [-0.2, 0) is 24.3 Å². The minimum absolute atomic E-state index is 0.0575. The molecule has 52 heavy (non-hydrogen) atoms. The molecule has 1 N–H and O–H groups in total. The molecule has 12 saturated carbocycles. The van der Waals surface area contributed by atoms with Gasteiger partial charge in [0.05, 0.1) is 36.5 Å². The number of carbonyl (C=O) groups is 3. The third-order valence-corrected chi connectivity index (χ3v) is 17.0. The lowest BCUT2D eigenvalue weighted by Crippen LogP contribution is -2.48. The summed E-state index contributed by atoms with van der Waals surface area (Å²) in [6.07, 6.45) is 20.1. The van der Waals surface area contributed by atoms with Crippen LogP contribution in [0.4, 0.5) is 0 Å². The second-order valence-corrected chi connectivity index (χ2v) is 21.7. The first-order valence-corrected chi connectivity index (χ1v) is 21.9. The van der Waals surface area contributed by atoms with Crippen molar-refractivity contribution >= 4 is 28.0 Å². The Morgan fingerprint density at radius 1 is 0.500 bits per heavy atom. The maximum atomic E-state index is 14.0. The summed E-state index contributed by atoms with van der Waals surface area (Å²) in [6.45, 7) is 0.548. The lowest BCUT2D eigenvalue weighted by atomic mass is 9.50. The fourth-order valence-electron chi connectivity index (χ4n) is 15.6. The lowest BCUT2D eigenvalue weighted by molar-refractivity contribution is -0.0853. The molecule has 0 unspecified atom stereocenters. The zero-order valence-electron chi connectivity index (χ0n) is 30.3. The summed E-state index contributed by atoms with van der Waals surface area (Å²) in [5, 5.41) is 0. The topological polar surface area (TPSA) is 133 Å². The zero-order valence-corrected chi connectivity index (χ0v) is 31.1. The van der Waals surface area contributed by atoms with Crippen LogP contribution in [0.25, 0.3) is 0 Å². The van der Waals surface area contributed by atoms with Crippen LogP contribution in [0.3, 0.4) is 0 Å². The Morgan fingerprint density at radius 3 is 1.00 bits per heavy atom. The van der Waals surface area contributed by atoms with Crippen LogP contribution >= 0.6 is 0 Å². The Morgan fingerprint density at radius 2 is 0.750 bits per heavy atom. The molecule has 12 aliphatic rings. The fourth-order valence-corrected chi connectivity index (χ4v) is 16.5. The number of carbonyl (C=O) groups excluding carboxylic acids is 3. The first-order valence-electron chi connectivity index (χ1n) is 20.5. The van der Waals surface area contributed by atoms with Gasteiger partial charge in [-0.1, -0.05) is 0 Å². The van der Waals surface area contributed by atoms with E-state index in [1.54, 1.807) is 0 Å².